The lowest BCUT2D eigenvalue weighted by atomic mass is 10.2. The molecule has 1 unspecified atom stereocenters. The van der Waals surface area contributed by atoms with Crippen molar-refractivity contribution in [1.82, 2.24) is 5.32 Å². The van der Waals surface area contributed by atoms with E-state index in [0.29, 0.717) is 12.2 Å². The van der Waals surface area contributed by atoms with Crippen LogP contribution in [0.15, 0.2) is 24.3 Å². The maximum Gasteiger partial charge on any atom is 0.391 e. The van der Waals surface area contributed by atoms with Gasteiger partial charge in [0.2, 0.25) is 0 Å². The van der Waals surface area contributed by atoms with Gasteiger partial charge in [-0.15, -0.1) is 0 Å². The minimum absolute atomic E-state index is 0.321. The number of rotatable bonds is 4. The van der Waals surface area contributed by atoms with E-state index in [2.05, 4.69) is 10.6 Å². The molecule has 1 rings (SSSR count). The van der Waals surface area contributed by atoms with E-state index >= 15 is 0 Å². The number of anilines is 1. The highest BCUT2D eigenvalue weighted by molar-refractivity contribution is 5.89. The van der Waals surface area contributed by atoms with Crippen LogP contribution in [-0.2, 0) is 6.54 Å². The Morgan fingerprint density at radius 3 is 2.68 bits per heavy atom. The largest absolute Gasteiger partial charge is 0.391 e. The number of benzene rings is 1. The first-order chi connectivity index (χ1) is 8.80. The Bertz CT molecular complexity index is 434. The number of alkyl halides is 3. The predicted octanol–water partition coefficient (Wildman–Crippen LogP) is 2.61. The van der Waals surface area contributed by atoms with E-state index in [4.69, 9.17) is 5.73 Å². The van der Waals surface area contributed by atoms with Gasteiger partial charge in [0.05, 0.1) is 6.42 Å². The summed E-state index contributed by atoms with van der Waals surface area (Å²) in [6.07, 6.45) is -5.37. The standard InChI is InChI=1S/C12H16F3N3O/c1-8(6-12(13,14)15)17-11(19)18-10-4-2-3-9(5-10)7-16/h2-5,8H,6-7,16H2,1H3,(H2,17,18,19). The Hall–Kier alpha value is -1.76. The van der Waals surface area contributed by atoms with Crippen LogP contribution in [0.25, 0.3) is 0 Å². The topological polar surface area (TPSA) is 67.2 Å². The SMILES string of the molecule is CC(CC(F)(F)F)NC(=O)Nc1cccc(CN)c1. The van der Waals surface area contributed by atoms with Crippen molar-refractivity contribution in [3.8, 4) is 0 Å². The van der Waals surface area contributed by atoms with Crippen LogP contribution in [-0.4, -0.2) is 18.2 Å². The zero-order chi connectivity index (χ0) is 14.5. The average Bonchev–Trinajstić information content (AvgIpc) is 2.26. The zero-order valence-corrected chi connectivity index (χ0v) is 10.4. The third-order valence-electron chi connectivity index (χ3n) is 2.34. The molecule has 7 heteroatoms. The molecule has 0 bridgehead atoms. The summed E-state index contributed by atoms with van der Waals surface area (Å²) in [7, 11) is 0. The number of urea groups is 1. The summed E-state index contributed by atoms with van der Waals surface area (Å²) in [5.41, 5.74) is 6.75. The van der Waals surface area contributed by atoms with Gasteiger partial charge in [0, 0.05) is 18.3 Å². The van der Waals surface area contributed by atoms with Gasteiger partial charge in [-0.2, -0.15) is 13.2 Å². The molecule has 0 fully saturated rings. The molecule has 4 N–H and O–H groups in total. The predicted molar refractivity (Wildman–Crippen MR) is 66.6 cm³/mol. The van der Waals surface area contributed by atoms with Crippen molar-refractivity contribution in [3.05, 3.63) is 29.8 Å². The zero-order valence-electron chi connectivity index (χ0n) is 10.4. The van der Waals surface area contributed by atoms with E-state index in [-0.39, 0.29) is 0 Å². The molecule has 0 aromatic heterocycles. The van der Waals surface area contributed by atoms with E-state index in [1.165, 1.54) is 6.92 Å². The number of carbonyl (C=O) groups excluding carboxylic acids is 1. The van der Waals surface area contributed by atoms with Crippen molar-refractivity contribution in [2.45, 2.75) is 32.1 Å². The highest BCUT2D eigenvalue weighted by atomic mass is 19.4. The summed E-state index contributed by atoms with van der Waals surface area (Å²) >= 11 is 0. The van der Waals surface area contributed by atoms with Crippen LogP contribution in [0, 0.1) is 0 Å². The van der Waals surface area contributed by atoms with Gasteiger partial charge in [-0.1, -0.05) is 12.1 Å². The van der Waals surface area contributed by atoms with Crippen LogP contribution >= 0.6 is 0 Å². The van der Waals surface area contributed by atoms with Crippen molar-refractivity contribution in [2.75, 3.05) is 5.32 Å². The van der Waals surface area contributed by atoms with Crippen LogP contribution in [0.1, 0.15) is 18.9 Å². The fraction of sp³-hybridized carbons (Fsp3) is 0.417. The molecule has 2 amide bonds. The molecule has 19 heavy (non-hydrogen) atoms. The molecule has 0 saturated carbocycles. The molecule has 0 spiro atoms. The van der Waals surface area contributed by atoms with Gasteiger partial charge in [-0.25, -0.2) is 4.79 Å². The van der Waals surface area contributed by atoms with Crippen LogP contribution in [0.3, 0.4) is 0 Å². The van der Waals surface area contributed by atoms with E-state index in [0.717, 1.165) is 5.56 Å². The molecule has 1 aromatic rings. The molecule has 0 saturated heterocycles. The van der Waals surface area contributed by atoms with Gasteiger partial charge in [-0.3, -0.25) is 0 Å². The number of nitrogens with one attached hydrogen (secondary N) is 2. The van der Waals surface area contributed by atoms with Crippen LogP contribution < -0.4 is 16.4 Å². The molecule has 1 aromatic carbocycles. The maximum atomic E-state index is 12.1. The third kappa shape index (κ3) is 6.10. The van der Waals surface area contributed by atoms with Crippen LogP contribution in [0.2, 0.25) is 0 Å². The van der Waals surface area contributed by atoms with Crippen molar-refractivity contribution < 1.29 is 18.0 Å². The maximum absolute atomic E-state index is 12.1. The van der Waals surface area contributed by atoms with Crippen molar-refractivity contribution in [3.63, 3.8) is 0 Å². The van der Waals surface area contributed by atoms with Gasteiger partial charge in [0.15, 0.2) is 0 Å². The number of nitrogens with two attached hydrogens (primary N) is 1. The molecule has 0 aliphatic carbocycles. The molecule has 0 aliphatic heterocycles. The lowest BCUT2D eigenvalue weighted by Gasteiger charge is -2.16. The Morgan fingerprint density at radius 2 is 2.11 bits per heavy atom. The highest BCUT2D eigenvalue weighted by Crippen LogP contribution is 2.21. The molecule has 0 heterocycles. The summed E-state index contributed by atoms with van der Waals surface area (Å²) < 4.78 is 36.3. The number of hydrogen-bond donors (Lipinski definition) is 3. The van der Waals surface area contributed by atoms with Crippen molar-refractivity contribution >= 4 is 11.7 Å². The molecule has 106 valence electrons. The average molecular weight is 275 g/mol. The van der Waals surface area contributed by atoms with Gasteiger partial charge in [0.1, 0.15) is 0 Å². The molecule has 0 aliphatic rings. The van der Waals surface area contributed by atoms with Crippen LogP contribution in [0.5, 0.6) is 0 Å². The summed E-state index contributed by atoms with van der Waals surface area (Å²) in [6.45, 7) is 1.62. The molecule has 4 nitrogen and oxygen atoms in total. The van der Waals surface area contributed by atoms with E-state index < -0.39 is 24.7 Å². The van der Waals surface area contributed by atoms with Gasteiger partial charge >= 0.3 is 12.2 Å². The first kappa shape index (κ1) is 15.3. The second-order valence-corrected chi connectivity index (χ2v) is 4.22. The fourth-order valence-electron chi connectivity index (χ4n) is 1.57. The molecule has 1 atom stereocenters. The van der Waals surface area contributed by atoms with Gasteiger partial charge in [-0.05, 0) is 24.6 Å². The quantitative estimate of drug-likeness (QED) is 0.790. The summed E-state index contributed by atoms with van der Waals surface area (Å²) in [5.74, 6) is 0. The smallest absolute Gasteiger partial charge is 0.335 e. The number of hydrogen-bond acceptors (Lipinski definition) is 2. The molecular weight excluding hydrogens is 259 g/mol. The van der Waals surface area contributed by atoms with Crippen molar-refractivity contribution in [1.29, 1.82) is 0 Å². The fourth-order valence-corrected chi connectivity index (χ4v) is 1.57. The van der Waals surface area contributed by atoms with Crippen molar-refractivity contribution in [2.24, 2.45) is 5.73 Å². The normalized spacial score (nSPS) is 12.9. The van der Waals surface area contributed by atoms with Crippen LogP contribution in [0.4, 0.5) is 23.7 Å². The summed E-state index contributed by atoms with van der Waals surface area (Å²) in [6, 6.07) is 5.12. The monoisotopic (exact) mass is 275 g/mol. The molecule has 0 radical (unpaired) electrons. The van der Waals surface area contributed by atoms with E-state index in [1.807, 2.05) is 0 Å². The number of halogens is 3. The number of carbonyl (C=O) groups is 1. The minimum Gasteiger partial charge on any atom is -0.335 e. The molecular formula is C12H16F3N3O. The lowest BCUT2D eigenvalue weighted by Crippen LogP contribution is -2.38. The highest BCUT2D eigenvalue weighted by Gasteiger charge is 2.30. The summed E-state index contributed by atoms with van der Waals surface area (Å²) in [4.78, 5) is 11.5. The Labute approximate surface area is 109 Å². The first-order valence-electron chi connectivity index (χ1n) is 5.73. The second kappa shape index (κ2) is 6.42. The Kier molecular flexibility index (Phi) is 5.17. The first-order valence-corrected chi connectivity index (χ1v) is 5.73. The third-order valence-corrected chi connectivity index (χ3v) is 2.34. The van der Waals surface area contributed by atoms with Gasteiger partial charge in [0.25, 0.3) is 0 Å². The van der Waals surface area contributed by atoms with E-state index in [9.17, 15) is 18.0 Å². The lowest BCUT2D eigenvalue weighted by molar-refractivity contribution is -0.138. The Balaban J connectivity index is 2.50. The summed E-state index contributed by atoms with van der Waals surface area (Å²) in [5, 5.41) is 4.68. The number of amides is 2. The minimum atomic E-state index is -4.30. The van der Waals surface area contributed by atoms with Gasteiger partial charge < -0.3 is 16.4 Å². The Morgan fingerprint density at radius 1 is 1.42 bits per heavy atom. The second-order valence-electron chi connectivity index (χ2n) is 4.22. The van der Waals surface area contributed by atoms with E-state index in [1.54, 1.807) is 24.3 Å².